The Kier molecular flexibility index (Phi) is 6.13. The summed E-state index contributed by atoms with van der Waals surface area (Å²) in [6, 6.07) is 10.8. The molecule has 3 aliphatic rings. The van der Waals surface area contributed by atoms with Crippen molar-refractivity contribution in [2.75, 3.05) is 6.54 Å². The van der Waals surface area contributed by atoms with Crippen molar-refractivity contribution in [2.45, 2.75) is 89.8 Å². The number of halogens is 2. The highest BCUT2D eigenvalue weighted by Crippen LogP contribution is 2.50. The molecule has 1 amide bonds. The molecule has 1 unspecified atom stereocenters. The molecule has 0 N–H and O–H groups in total. The van der Waals surface area contributed by atoms with E-state index in [9.17, 15) is 4.79 Å². The number of benzene rings is 2. The van der Waals surface area contributed by atoms with Crippen LogP contribution in [0.15, 0.2) is 36.4 Å². The third kappa shape index (κ3) is 4.31. The number of likely N-dealkylation sites (tertiary alicyclic amines) is 1. The van der Waals surface area contributed by atoms with Gasteiger partial charge in [0, 0.05) is 30.1 Å². The molecular formula is C28H34BClFNO5. The van der Waals surface area contributed by atoms with E-state index < -0.39 is 41.4 Å². The largest absolute Gasteiger partial charge is 0.496 e. The number of hydrogen-bond acceptors (Lipinski definition) is 5. The van der Waals surface area contributed by atoms with Crippen LogP contribution in [-0.4, -0.2) is 47.5 Å². The van der Waals surface area contributed by atoms with E-state index in [-0.39, 0.29) is 11.1 Å². The molecule has 0 radical (unpaired) electrons. The summed E-state index contributed by atoms with van der Waals surface area (Å²) >= 11 is 6.59. The third-order valence-electron chi connectivity index (χ3n) is 8.00. The second-order valence-corrected chi connectivity index (χ2v) is 12.5. The molecule has 5 rings (SSSR count). The average Bonchev–Trinajstić information content (AvgIpc) is 3.20. The van der Waals surface area contributed by atoms with Gasteiger partial charge in [0.05, 0.1) is 22.3 Å². The summed E-state index contributed by atoms with van der Waals surface area (Å²) in [7, 11) is -0.861. The standard InChI is InChI=1S/C28H34BClFNO5/c1-25(2,3)35-24(33)32-14-13-21(32)28(17-11-9-8-10-12-17)16-18-20(34-28)15-19(31)23(30)22(18)29-36-26(4,5)27(6,7)37-29/h8-12,15,21H,13-14,16H2,1-7H3/t21?,28-/m0/s1. The Balaban J connectivity index is 1.59. The van der Waals surface area contributed by atoms with Crippen molar-refractivity contribution in [2.24, 2.45) is 0 Å². The maximum atomic E-state index is 15.2. The first-order valence-corrected chi connectivity index (χ1v) is 13.1. The van der Waals surface area contributed by atoms with Crippen LogP contribution in [0.4, 0.5) is 9.18 Å². The number of ether oxygens (including phenoxy) is 2. The van der Waals surface area contributed by atoms with Crippen LogP contribution >= 0.6 is 11.6 Å². The number of rotatable bonds is 3. The lowest BCUT2D eigenvalue weighted by Crippen LogP contribution is -2.63. The maximum Gasteiger partial charge on any atom is 0.496 e. The molecule has 0 spiro atoms. The molecular weight excluding hydrogens is 496 g/mol. The van der Waals surface area contributed by atoms with Crippen molar-refractivity contribution in [1.29, 1.82) is 0 Å². The second kappa shape index (κ2) is 8.62. The Hall–Kier alpha value is -2.29. The van der Waals surface area contributed by atoms with E-state index in [1.54, 1.807) is 4.90 Å². The smallest absolute Gasteiger partial charge is 0.480 e. The SMILES string of the molecule is CC(C)(C)OC(=O)N1CCC1[C@@]1(c2ccccc2)Cc2c(cc(F)c(Cl)c2B2OC(C)(C)C(C)(C)O2)O1. The Morgan fingerprint density at radius 1 is 1.14 bits per heavy atom. The molecule has 2 saturated heterocycles. The van der Waals surface area contributed by atoms with Gasteiger partial charge in [0.15, 0.2) is 5.60 Å². The van der Waals surface area contributed by atoms with Crippen molar-refractivity contribution in [3.8, 4) is 5.75 Å². The van der Waals surface area contributed by atoms with Crippen molar-refractivity contribution >= 4 is 30.3 Å². The second-order valence-electron chi connectivity index (χ2n) is 12.2. The first kappa shape index (κ1) is 26.3. The van der Waals surface area contributed by atoms with Gasteiger partial charge in [0.25, 0.3) is 0 Å². The summed E-state index contributed by atoms with van der Waals surface area (Å²) in [5.74, 6) is -0.224. The zero-order chi connectivity index (χ0) is 27.0. The van der Waals surface area contributed by atoms with E-state index in [0.717, 1.165) is 11.1 Å². The Bertz CT molecular complexity index is 1220. The summed E-state index contributed by atoms with van der Waals surface area (Å²) in [6.07, 6.45) is 0.689. The van der Waals surface area contributed by atoms with Gasteiger partial charge >= 0.3 is 13.2 Å². The molecule has 37 heavy (non-hydrogen) atoms. The molecule has 2 atom stereocenters. The summed E-state index contributed by atoms with van der Waals surface area (Å²) in [5, 5.41) is -0.0395. The topological polar surface area (TPSA) is 57.2 Å². The fraction of sp³-hybridized carbons (Fsp3) is 0.536. The average molecular weight is 530 g/mol. The van der Waals surface area contributed by atoms with Gasteiger partial charge in [-0.3, -0.25) is 0 Å². The van der Waals surface area contributed by atoms with Crippen LogP contribution in [0.2, 0.25) is 5.02 Å². The van der Waals surface area contributed by atoms with E-state index >= 15 is 4.39 Å². The Morgan fingerprint density at radius 3 is 2.30 bits per heavy atom. The molecule has 0 aromatic heterocycles. The van der Waals surface area contributed by atoms with E-state index in [2.05, 4.69) is 0 Å². The Morgan fingerprint density at radius 2 is 1.76 bits per heavy atom. The van der Waals surface area contributed by atoms with Crippen LogP contribution < -0.4 is 10.2 Å². The molecule has 2 fully saturated rings. The molecule has 0 saturated carbocycles. The molecule has 0 bridgehead atoms. The van der Waals surface area contributed by atoms with E-state index in [4.69, 9.17) is 30.4 Å². The van der Waals surface area contributed by atoms with E-state index in [0.29, 0.717) is 30.6 Å². The van der Waals surface area contributed by atoms with Crippen molar-refractivity contribution in [3.63, 3.8) is 0 Å². The first-order chi connectivity index (χ1) is 17.2. The van der Waals surface area contributed by atoms with Gasteiger partial charge in [-0.2, -0.15) is 0 Å². The third-order valence-corrected chi connectivity index (χ3v) is 8.38. The normalized spacial score (nSPS) is 25.9. The first-order valence-electron chi connectivity index (χ1n) is 12.8. The van der Waals surface area contributed by atoms with Gasteiger partial charge in [0.2, 0.25) is 0 Å². The van der Waals surface area contributed by atoms with Crippen LogP contribution in [0.3, 0.4) is 0 Å². The molecule has 2 aromatic carbocycles. The summed E-state index contributed by atoms with van der Waals surface area (Å²) in [5.41, 5.74) is -0.775. The summed E-state index contributed by atoms with van der Waals surface area (Å²) < 4.78 is 40.1. The van der Waals surface area contributed by atoms with Crippen LogP contribution in [0.25, 0.3) is 0 Å². The Labute approximate surface area is 223 Å². The lowest BCUT2D eigenvalue weighted by atomic mass is 9.71. The maximum absolute atomic E-state index is 15.2. The lowest BCUT2D eigenvalue weighted by molar-refractivity contribution is -0.0749. The van der Waals surface area contributed by atoms with Gasteiger partial charge in [-0.15, -0.1) is 0 Å². The molecule has 3 aliphatic heterocycles. The zero-order valence-corrected chi connectivity index (χ0v) is 23.2. The van der Waals surface area contributed by atoms with Crippen LogP contribution in [0.5, 0.6) is 5.75 Å². The predicted molar refractivity (Wildman–Crippen MR) is 141 cm³/mol. The number of amides is 1. The zero-order valence-electron chi connectivity index (χ0n) is 22.5. The number of nitrogens with zero attached hydrogens (tertiary/aromatic N) is 1. The van der Waals surface area contributed by atoms with Crippen molar-refractivity contribution in [3.05, 3.63) is 58.4 Å². The molecule has 198 valence electrons. The van der Waals surface area contributed by atoms with E-state index in [1.165, 1.54) is 6.07 Å². The van der Waals surface area contributed by atoms with Crippen molar-refractivity contribution in [1.82, 2.24) is 4.90 Å². The molecule has 9 heteroatoms. The van der Waals surface area contributed by atoms with Crippen molar-refractivity contribution < 1.29 is 28.0 Å². The number of fused-ring (bicyclic) bond motifs is 1. The number of carbonyl (C=O) groups is 1. The molecule has 6 nitrogen and oxygen atoms in total. The van der Waals surface area contributed by atoms with Gasteiger partial charge in [-0.1, -0.05) is 41.9 Å². The summed E-state index contributed by atoms with van der Waals surface area (Å²) in [6.45, 7) is 13.8. The summed E-state index contributed by atoms with van der Waals surface area (Å²) in [4.78, 5) is 14.8. The van der Waals surface area contributed by atoms with Gasteiger partial charge < -0.3 is 23.7 Å². The minimum Gasteiger partial charge on any atom is -0.480 e. The number of carbonyl (C=O) groups excluding carboxylic acids is 1. The van der Waals surface area contributed by atoms with Gasteiger partial charge in [-0.25, -0.2) is 9.18 Å². The molecule has 0 aliphatic carbocycles. The highest BCUT2D eigenvalue weighted by Gasteiger charge is 2.58. The molecule has 2 aromatic rings. The van der Waals surface area contributed by atoms with Gasteiger partial charge in [0.1, 0.15) is 17.2 Å². The fourth-order valence-electron chi connectivity index (χ4n) is 5.31. The van der Waals surface area contributed by atoms with Gasteiger partial charge in [-0.05, 0) is 60.5 Å². The molecule has 3 heterocycles. The van der Waals surface area contributed by atoms with Crippen LogP contribution in [0, 0.1) is 5.82 Å². The van der Waals surface area contributed by atoms with E-state index in [1.807, 2.05) is 78.8 Å². The van der Waals surface area contributed by atoms with Crippen LogP contribution in [0.1, 0.15) is 66.0 Å². The predicted octanol–water partition coefficient (Wildman–Crippen LogP) is 5.62. The monoisotopic (exact) mass is 529 g/mol. The fourth-order valence-corrected chi connectivity index (χ4v) is 5.56. The minimum atomic E-state index is -0.950. The lowest BCUT2D eigenvalue weighted by Gasteiger charge is -2.50. The quantitative estimate of drug-likeness (QED) is 0.483. The minimum absolute atomic E-state index is 0.0395. The highest BCUT2D eigenvalue weighted by atomic mass is 35.5. The number of hydrogen-bond donors (Lipinski definition) is 0. The highest BCUT2D eigenvalue weighted by molar-refractivity contribution is 6.66. The van der Waals surface area contributed by atoms with Crippen LogP contribution in [-0.2, 0) is 26.1 Å².